The molecule has 2 heterocycles. The van der Waals surface area contributed by atoms with E-state index in [4.69, 9.17) is 4.74 Å². The van der Waals surface area contributed by atoms with Crippen molar-refractivity contribution in [2.45, 2.75) is 13.0 Å². The van der Waals surface area contributed by atoms with Crippen molar-refractivity contribution >= 4 is 16.9 Å². The van der Waals surface area contributed by atoms with Crippen molar-refractivity contribution in [2.24, 2.45) is 0 Å². The van der Waals surface area contributed by atoms with E-state index >= 15 is 0 Å². The summed E-state index contributed by atoms with van der Waals surface area (Å²) in [6.07, 6.45) is 1.49. The number of aromatic amines is 1. The number of para-hydroxylation sites is 2. The summed E-state index contributed by atoms with van der Waals surface area (Å²) >= 11 is 0. The topological polar surface area (TPSA) is 79.9 Å². The monoisotopic (exact) mass is 296 g/mol. The number of rotatable bonds is 4. The Morgan fingerprint density at radius 1 is 1.27 bits per heavy atom. The molecule has 0 aliphatic heterocycles. The lowest BCUT2D eigenvalue weighted by molar-refractivity contribution is 0.0938. The van der Waals surface area contributed by atoms with Gasteiger partial charge in [-0.15, -0.1) is 0 Å². The van der Waals surface area contributed by atoms with E-state index in [1.807, 2.05) is 31.2 Å². The van der Waals surface area contributed by atoms with Crippen molar-refractivity contribution in [1.29, 1.82) is 0 Å². The van der Waals surface area contributed by atoms with Gasteiger partial charge in [-0.3, -0.25) is 4.79 Å². The van der Waals surface area contributed by atoms with E-state index in [0.717, 1.165) is 16.9 Å². The third-order valence-corrected chi connectivity index (χ3v) is 3.37. The lowest BCUT2D eigenvalue weighted by atomic mass is 10.2. The van der Waals surface area contributed by atoms with Crippen LogP contribution in [0, 0.1) is 0 Å². The van der Waals surface area contributed by atoms with E-state index in [-0.39, 0.29) is 11.9 Å². The Morgan fingerprint density at radius 3 is 2.77 bits per heavy atom. The van der Waals surface area contributed by atoms with Gasteiger partial charge in [0.15, 0.2) is 0 Å². The largest absolute Gasteiger partial charge is 0.481 e. The third kappa shape index (κ3) is 2.76. The summed E-state index contributed by atoms with van der Waals surface area (Å²) in [6, 6.07) is 10.8. The molecule has 2 N–H and O–H groups in total. The van der Waals surface area contributed by atoms with Crippen LogP contribution in [0.5, 0.6) is 5.88 Å². The van der Waals surface area contributed by atoms with Gasteiger partial charge >= 0.3 is 0 Å². The first-order valence-corrected chi connectivity index (χ1v) is 6.93. The minimum absolute atomic E-state index is 0.205. The van der Waals surface area contributed by atoms with Crippen LogP contribution in [-0.4, -0.2) is 28.0 Å². The van der Waals surface area contributed by atoms with Gasteiger partial charge < -0.3 is 15.0 Å². The number of ether oxygens (including phenoxy) is 1. The fourth-order valence-corrected chi connectivity index (χ4v) is 2.16. The van der Waals surface area contributed by atoms with Crippen molar-refractivity contribution in [3.63, 3.8) is 0 Å². The van der Waals surface area contributed by atoms with Gasteiger partial charge in [-0.1, -0.05) is 12.1 Å². The molecule has 0 saturated heterocycles. The average molecular weight is 296 g/mol. The minimum Gasteiger partial charge on any atom is -0.481 e. The molecule has 0 spiro atoms. The van der Waals surface area contributed by atoms with Crippen LogP contribution in [0.3, 0.4) is 0 Å². The number of benzene rings is 1. The highest BCUT2D eigenvalue weighted by molar-refractivity contribution is 5.94. The Balaban J connectivity index is 1.74. The van der Waals surface area contributed by atoms with Gasteiger partial charge in [0.25, 0.3) is 5.91 Å². The maximum Gasteiger partial charge on any atom is 0.253 e. The number of carbonyl (C=O) groups is 1. The van der Waals surface area contributed by atoms with Crippen molar-refractivity contribution in [3.05, 3.63) is 54.0 Å². The van der Waals surface area contributed by atoms with Crippen LogP contribution in [0.25, 0.3) is 11.0 Å². The lowest BCUT2D eigenvalue weighted by Crippen LogP contribution is -2.27. The second kappa shape index (κ2) is 5.85. The van der Waals surface area contributed by atoms with E-state index in [1.54, 1.807) is 12.1 Å². The maximum atomic E-state index is 12.2. The summed E-state index contributed by atoms with van der Waals surface area (Å²) < 4.78 is 4.98. The molecule has 0 unspecified atom stereocenters. The molecule has 1 atom stereocenters. The van der Waals surface area contributed by atoms with E-state index in [2.05, 4.69) is 20.3 Å². The summed E-state index contributed by atoms with van der Waals surface area (Å²) in [6.45, 7) is 1.88. The summed E-state index contributed by atoms with van der Waals surface area (Å²) in [4.78, 5) is 23.9. The summed E-state index contributed by atoms with van der Waals surface area (Å²) in [5.41, 5.74) is 2.30. The number of nitrogens with one attached hydrogen (secondary N) is 2. The van der Waals surface area contributed by atoms with Crippen molar-refractivity contribution in [1.82, 2.24) is 20.3 Å². The lowest BCUT2D eigenvalue weighted by Gasteiger charge is -2.11. The third-order valence-electron chi connectivity index (χ3n) is 3.37. The van der Waals surface area contributed by atoms with Gasteiger partial charge in [-0.05, 0) is 25.1 Å². The first-order valence-electron chi connectivity index (χ1n) is 6.93. The number of carbonyl (C=O) groups excluding carboxylic acids is 1. The number of H-pyrrole nitrogens is 1. The molecule has 3 aromatic rings. The number of amides is 1. The van der Waals surface area contributed by atoms with E-state index in [9.17, 15) is 4.79 Å². The molecule has 0 aliphatic carbocycles. The van der Waals surface area contributed by atoms with Crippen LogP contribution in [0.15, 0.2) is 42.6 Å². The molecule has 112 valence electrons. The standard InChI is InChI=1S/C16H16N4O2/c1-10(15-19-12-5-3-4-6-13(12)20-15)18-16(21)11-7-8-14(22-2)17-9-11/h3-10H,1-2H3,(H,18,21)(H,19,20)/t10-/m0/s1. The summed E-state index contributed by atoms with van der Waals surface area (Å²) in [7, 11) is 1.53. The highest BCUT2D eigenvalue weighted by atomic mass is 16.5. The van der Waals surface area contributed by atoms with Gasteiger partial charge in [-0.25, -0.2) is 9.97 Å². The molecule has 1 aromatic carbocycles. The number of imidazole rings is 1. The number of nitrogens with zero attached hydrogens (tertiary/aromatic N) is 2. The van der Waals surface area contributed by atoms with Crippen LogP contribution >= 0.6 is 0 Å². The summed E-state index contributed by atoms with van der Waals surface area (Å²) in [5, 5.41) is 2.90. The Hall–Kier alpha value is -2.89. The highest BCUT2D eigenvalue weighted by Gasteiger charge is 2.15. The van der Waals surface area contributed by atoms with Crippen molar-refractivity contribution < 1.29 is 9.53 Å². The van der Waals surface area contributed by atoms with E-state index in [1.165, 1.54) is 13.3 Å². The zero-order chi connectivity index (χ0) is 15.5. The molecule has 3 rings (SSSR count). The van der Waals surface area contributed by atoms with Crippen LogP contribution < -0.4 is 10.1 Å². The number of fused-ring (bicyclic) bond motifs is 1. The van der Waals surface area contributed by atoms with Crippen molar-refractivity contribution in [3.8, 4) is 5.88 Å². The average Bonchev–Trinajstić information content (AvgIpc) is 2.99. The van der Waals surface area contributed by atoms with Crippen LogP contribution in [0.2, 0.25) is 0 Å². The van der Waals surface area contributed by atoms with Gasteiger partial charge in [0, 0.05) is 12.3 Å². The van der Waals surface area contributed by atoms with Gasteiger partial charge in [0.1, 0.15) is 5.82 Å². The fourth-order valence-electron chi connectivity index (χ4n) is 2.16. The van der Waals surface area contributed by atoms with Gasteiger partial charge in [0.05, 0.1) is 29.7 Å². The van der Waals surface area contributed by atoms with E-state index in [0.29, 0.717) is 11.4 Å². The van der Waals surface area contributed by atoms with Crippen LogP contribution in [-0.2, 0) is 0 Å². The Bertz CT molecular complexity index is 762. The molecule has 0 aliphatic rings. The number of methoxy groups -OCH3 is 1. The molecule has 2 aromatic heterocycles. The smallest absolute Gasteiger partial charge is 0.253 e. The molecule has 0 fully saturated rings. The quantitative estimate of drug-likeness (QED) is 0.775. The number of pyridine rings is 1. The van der Waals surface area contributed by atoms with Gasteiger partial charge in [0.2, 0.25) is 5.88 Å². The Labute approximate surface area is 127 Å². The second-order valence-electron chi connectivity index (χ2n) is 4.92. The zero-order valence-corrected chi connectivity index (χ0v) is 12.3. The summed E-state index contributed by atoms with van der Waals surface area (Å²) in [5.74, 6) is 0.987. The molecule has 1 amide bonds. The molecule has 6 heteroatoms. The SMILES string of the molecule is COc1ccc(C(=O)N[C@@H](C)c2nc3ccccc3[nH]2)cn1. The second-order valence-corrected chi connectivity index (χ2v) is 4.92. The van der Waals surface area contributed by atoms with Crippen LogP contribution in [0.4, 0.5) is 0 Å². The molecule has 6 nitrogen and oxygen atoms in total. The predicted molar refractivity (Wildman–Crippen MR) is 82.8 cm³/mol. The highest BCUT2D eigenvalue weighted by Crippen LogP contribution is 2.16. The normalized spacial score (nSPS) is 12.1. The Kier molecular flexibility index (Phi) is 3.74. The van der Waals surface area contributed by atoms with Gasteiger partial charge in [-0.2, -0.15) is 0 Å². The maximum absolute atomic E-state index is 12.2. The first-order chi connectivity index (χ1) is 10.7. The molecule has 0 bridgehead atoms. The zero-order valence-electron chi connectivity index (χ0n) is 12.3. The van der Waals surface area contributed by atoms with E-state index < -0.39 is 0 Å². The molecule has 0 radical (unpaired) electrons. The van der Waals surface area contributed by atoms with Crippen molar-refractivity contribution in [2.75, 3.05) is 7.11 Å². The van der Waals surface area contributed by atoms with Crippen LogP contribution in [0.1, 0.15) is 29.1 Å². The first kappa shape index (κ1) is 14.1. The molecule has 0 saturated carbocycles. The number of aromatic nitrogens is 3. The molecular weight excluding hydrogens is 280 g/mol. The number of hydrogen-bond acceptors (Lipinski definition) is 4. The number of hydrogen-bond donors (Lipinski definition) is 2. The predicted octanol–water partition coefficient (Wildman–Crippen LogP) is 2.46. The fraction of sp³-hybridized carbons (Fsp3) is 0.188. The Morgan fingerprint density at radius 2 is 2.09 bits per heavy atom. The minimum atomic E-state index is -0.234. The molecular formula is C16H16N4O2. The molecule has 22 heavy (non-hydrogen) atoms.